The first-order valence-electron chi connectivity index (χ1n) is 6.17. The molecular formula is C11H17N3S2. The maximum absolute atomic E-state index is 5.12. The number of anilines is 1. The number of fused-ring (bicyclic) bond motifs is 1. The summed E-state index contributed by atoms with van der Waals surface area (Å²) < 4.78 is 0.799. The molecule has 1 aromatic rings. The molecule has 0 spiro atoms. The Morgan fingerprint density at radius 3 is 2.88 bits per heavy atom. The van der Waals surface area contributed by atoms with Crippen LogP contribution in [0.5, 0.6) is 0 Å². The highest BCUT2D eigenvalue weighted by molar-refractivity contribution is 7.73. The Bertz CT molecular complexity index is 409. The van der Waals surface area contributed by atoms with Gasteiger partial charge in [-0.25, -0.2) is 0 Å². The Kier molecular flexibility index (Phi) is 2.98. The van der Waals surface area contributed by atoms with Gasteiger partial charge in [0, 0.05) is 12.6 Å². The molecule has 2 fully saturated rings. The van der Waals surface area contributed by atoms with Crippen LogP contribution in [-0.4, -0.2) is 22.8 Å². The average molecular weight is 255 g/mol. The van der Waals surface area contributed by atoms with Crippen LogP contribution in [0.3, 0.4) is 0 Å². The number of rotatable bonds is 1. The standard InChI is InChI=1S/C11H17N3S2/c15-11-13-12-10(16-11)14-7-3-5-8-4-1-2-6-9(8)14/h8-9H,1-7H2,(H,13,15). The molecular weight excluding hydrogens is 238 g/mol. The molecule has 5 heteroatoms. The maximum atomic E-state index is 5.12. The van der Waals surface area contributed by atoms with Gasteiger partial charge < -0.3 is 4.90 Å². The van der Waals surface area contributed by atoms with Crippen LogP contribution >= 0.6 is 23.6 Å². The largest absolute Gasteiger partial charge is 0.343 e. The monoisotopic (exact) mass is 255 g/mol. The summed E-state index contributed by atoms with van der Waals surface area (Å²) in [6.07, 6.45) is 8.29. The predicted molar refractivity (Wildman–Crippen MR) is 69.6 cm³/mol. The minimum atomic E-state index is 0.733. The van der Waals surface area contributed by atoms with E-state index in [1.54, 1.807) is 11.3 Å². The van der Waals surface area contributed by atoms with Crippen LogP contribution in [0.15, 0.2) is 0 Å². The lowest BCUT2D eigenvalue weighted by atomic mass is 9.78. The van der Waals surface area contributed by atoms with Gasteiger partial charge in [-0.3, -0.25) is 5.10 Å². The van der Waals surface area contributed by atoms with Gasteiger partial charge in [-0.2, -0.15) is 0 Å². The van der Waals surface area contributed by atoms with Crippen molar-refractivity contribution in [2.24, 2.45) is 5.92 Å². The zero-order chi connectivity index (χ0) is 11.0. The number of H-pyrrole nitrogens is 1. The predicted octanol–water partition coefficient (Wildman–Crippen LogP) is 3.36. The first-order valence-corrected chi connectivity index (χ1v) is 7.39. The zero-order valence-corrected chi connectivity index (χ0v) is 10.9. The molecule has 2 heterocycles. The van der Waals surface area contributed by atoms with E-state index < -0.39 is 0 Å². The highest BCUT2D eigenvalue weighted by atomic mass is 32.1. The van der Waals surface area contributed by atoms with Gasteiger partial charge in [0.1, 0.15) is 0 Å². The van der Waals surface area contributed by atoms with Crippen molar-refractivity contribution in [1.82, 2.24) is 10.2 Å². The Balaban J connectivity index is 1.85. The van der Waals surface area contributed by atoms with Crippen molar-refractivity contribution in [3.05, 3.63) is 3.95 Å². The summed E-state index contributed by atoms with van der Waals surface area (Å²) in [5.74, 6) is 0.903. The second-order valence-corrected chi connectivity index (χ2v) is 6.49. The fourth-order valence-electron chi connectivity index (χ4n) is 3.21. The second-order valence-electron chi connectivity index (χ2n) is 4.84. The number of nitrogens with zero attached hydrogens (tertiary/aromatic N) is 2. The van der Waals surface area contributed by atoms with Crippen molar-refractivity contribution < 1.29 is 0 Å². The van der Waals surface area contributed by atoms with Gasteiger partial charge in [0.2, 0.25) is 5.13 Å². The van der Waals surface area contributed by atoms with E-state index in [4.69, 9.17) is 12.2 Å². The zero-order valence-electron chi connectivity index (χ0n) is 9.32. The molecule has 3 nitrogen and oxygen atoms in total. The highest BCUT2D eigenvalue weighted by Crippen LogP contribution is 2.38. The van der Waals surface area contributed by atoms with Crippen molar-refractivity contribution in [3.8, 4) is 0 Å². The van der Waals surface area contributed by atoms with Gasteiger partial charge in [0.05, 0.1) is 0 Å². The summed E-state index contributed by atoms with van der Waals surface area (Å²) in [5.41, 5.74) is 0. The van der Waals surface area contributed by atoms with E-state index in [2.05, 4.69) is 15.1 Å². The van der Waals surface area contributed by atoms with E-state index in [0.29, 0.717) is 0 Å². The molecule has 1 N–H and O–H groups in total. The van der Waals surface area contributed by atoms with Gasteiger partial charge in [-0.1, -0.05) is 24.2 Å². The van der Waals surface area contributed by atoms with Crippen molar-refractivity contribution in [2.45, 2.75) is 44.6 Å². The molecule has 0 radical (unpaired) electrons. The molecule has 3 rings (SSSR count). The summed E-state index contributed by atoms with van der Waals surface area (Å²) in [6, 6.07) is 0.733. The van der Waals surface area contributed by atoms with E-state index >= 15 is 0 Å². The van der Waals surface area contributed by atoms with E-state index in [9.17, 15) is 0 Å². The molecule has 1 aliphatic carbocycles. The van der Waals surface area contributed by atoms with Crippen LogP contribution in [0.1, 0.15) is 38.5 Å². The molecule has 2 atom stereocenters. The van der Waals surface area contributed by atoms with Crippen LogP contribution in [0.25, 0.3) is 0 Å². The average Bonchev–Trinajstić information content (AvgIpc) is 2.75. The summed E-state index contributed by atoms with van der Waals surface area (Å²) >= 11 is 6.75. The van der Waals surface area contributed by atoms with Crippen molar-refractivity contribution in [2.75, 3.05) is 11.4 Å². The molecule has 1 aromatic heterocycles. The second kappa shape index (κ2) is 4.45. The van der Waals surface area contributed by atoms with Crippen LogP contribution in [0.2, 0.25) is 0 Å². The first-order chi connectivity index (χ1) is 7.84. The summed E-state index contributed by atoms with van der Waals surface area (Å²) in [5, 5.41) is 8.36. The van der Waals surface area contributed by atoms with Gasteiger partial charge in [0.25, 0.3) is 0 Å². The van der Waals surface area contributed by atoms with Gasteiger partial charge in [-0.15, -0.1) is 5.10 Å². The lowest BCUT2D eigenvalue weighted by Gasteiger charge is -2.43. The maximum Gasteiger partial charge on any atom is 0.207 e. The molecule has 2 aliphatic rings. The Morgan fingerprint density at radius 2 is 2.06 bits per heavy atom. The van der Waals surface area contributed by atoms with E-state index in [0.717, 1.165) is 27.6 Å². The first kappa shape index (κ1) is 10.7. The van der Waals surface area contributed by atoms with Crippen LogP contribution in [-0.2, 0) is 0 Å². The molecule has 1 saturated carbocycles. The van der Waals surface area contributed by atoms with Crippen molar-refractivity contribution in [1.29, 1.82) is 0 Å². The number of aromatic amines is 1. The van der Waals surface area contributed by atoms with Gasteiger partial charge >= 0.3 is 0 Å². The Morgan fingerprint density at radius 1 is 1.25 bits per heavy atom. The minimum Gasteiger partial charge on any atom is -0.343 e. The lowest BCUT2D eigenvalue weighted by Crippen LogP contribution is -2.46. The number of aromatic nitrogens is 2. The van der Waals surface area contributed by atoms with Crippen molar-refractivity contribution >= 4 is 28.7 Å². The van der Waals surface area contributed by atoms with Crippen LogP contribution < -0.4 is 4.90 Å². The molecule has 0 aromatic carbocycles. The molecule has 0 amide bonds. The molecule has 16 heavy (non-hydrogen) atoms. The van der Waals surface area contributed by atoms with E-state index in [1.165, 1.54) is 38.5 Å². The van der Waals surface area contributed by atoms with Gasteiger partial charge in [-0.05, 0) is 43.8 Å². The molecule has 1 saturated heterocycles. The van der Waals surface area contributed by atoms with Crippen LogP contribution in [0, 0.1) is 9.87 Å². The topological polar surface area (TPSA) is 31.9 Å². The minimum absolute atomic E-state index is 0.733. The fraction of sp³-hybridized carbons (Fsp3) is 0.818. The quantitative estimate of drug-likeness (QED) is 0.781. The fourth-order valence-corrected chi connectivity index (χ4v) is 4.17. The number of piperidine rings is 1. The number of hydrogen-bond acceptors (Lipinski definition) is 4. The summed E-state index contributed by atoms with van der Waals surface area (Å²) in [4.78, 5) is 2.50. The third kappa shape index (κ3) is 1.91. The van der Waals surface area contributed by atoms with Crippen molar-refractivity contribution in [3.63, 3.8) is 0 Å². The number of nitrogens with one attached hydrogen (secondary N) is 1. The van der Waals surface area contributed by atoms with E-state index in [1.807, 2.05) is 0 Å². The highest BCUT2D eigenvalue weighted by Gasteiger charge is 2.34. The molecule has 2 unspecified atom stereocenters. The van der Waals surface area contributed by atoms with Gasteiger partial charge in [0.15, 0.2) is 3.95 Å². The molecule has 88 valence electrons. The Labute approximate surface area is 105 Å². The Hall–Kier alpha value is -0.420. The smallest absolute Gasteiger partial charge is 0.207 e. The third-order valence-corrected chi connectivity index (χ3v) is 5.04. The summed E-state index contributed by atoms with van der Waals surface area (Å²) in [7, 11) is 0. The summed E-state index contributed by atoms with van der Waals surface area (Å²) in [6.45, 7) is 1.16. The SMILES string of the molecule is S=c1[nH]nc(N2CCCC3CCCCC32)s1. The van der Waals surface area contributed by atoms with Crippen LogP contribution in [0.4, 0.5) is 5.13 Å². The molecule has 1 aliphatic heterocycles. The molecule has 0 bridgehead atoms. The lowest BCUT2D eigenvalue weighted by molar-refractivity contribution is 0.243. The van der Waals surface area contributed by atoms with E-state index in [-0.39, 0.29) is 0 Å². The number of hydrogen-bond donors (Lipinski definition) is 1. The third-order valence-electron chi connectivity index (χ3n) is 3.92. The normalized spacial score (nSPS) is 30.1.